The van der Waals surface area contributed by atoms with Crippen LogP contribution in [-0.4, -0.2) is 24.1 Å². The van der Waals surface area contributed by atoms with Gasteiger partial charge in [-0.3, -0.25) is 0 Å². The fourth-order valence-electron chi connectivity index (χ4n) is 9.48. The van der Waals surface area contributed by atoms with Crippen molar-refractivity contribution < 1.29 is 4.48 Å². The number of nitrogens with zero attached hydrogens (tertiary/aromatic N) is 1. The molecule has 0 spiro atoms. The molecule has 0 atom stereocenters. The van der Waals surface area contributed by atoms with Gasteiger partial charge in [0, 0.05) is 5.56 Å². The molecule has 0 aliphatic carbocycles. The molecule has 0 amide bonds. The van der Waals surface area contributed by atoms with E-state index in [1.807, 2.05) is 0 Å². The van der Waals surface area contributed by atoms with Gasteiger partial charge in [-0.05, 0) is 56.8 Å². The first-order valence-electron chi connectivity index (χ1n) is 28.6. The topological polar surface area (TPSA) is 0 Å². The molecule has 0 heterocycles. The average molecular weight is 860 g/mol. The van der Waals surface area contributed by atoms with Gasteiger partial charge in [-0.2, -0.15) is 0 Å². The van der Waals surface area contributed by atoms with E-state index >= 15 is 0 Å². The van der Waals surface area contributed by atoms with Gasteiger partial charge in [-0.25, -0.2) is 0 Å². The Bertz CT molecular complexity index is 964. The summed E-state index contributed by atoms with van der Waals surface area (Å²) < 4.78 is 1.10. The lowest BCUT2D eigenvalue weighted by Crippen LogP contribution is -2.47. The van der Waals surface area contributed by atoms with Crippen molar-refractivity contribution in [2.75, 3.05) is 19.6 Å². The third kappa shape index (κ3) is 41.1. The van der Waals surface area contributed by atoms with Crippen LogP contribution in [0.15, 0.2) is 66.8 Å². The summed E-state index contributed by atoms with van der Waals surface area (Å²) in [4.78, 5) is 0. The van der Waals surface area contributed by atoms with Crippen LogP contribution in [0.4, 0.5) is 0 Å². The maximum Gasteiger partial charge on any atom is 0.105 e. The lowest BCUT2D eigenvalue weighted by Gasteiger charge is -2.36. The van der Waals surface area contributed by atoms with Crippen molar-refractivity contribution in [3.8, 4) is 0 Å². The van der Waals surface area contributed by atoms with Crippen LogP contribution in [0.3, 0.4) is 0 Å². The van der Waals surface area contributed by atoms with E-state index in [-0.39, 0.29) is 0 Å². The SMILES string of the molecule is CCCCCCCCCCCCCCC/C=C\C[N+](C/C=C\CCCCCCCCCCCCCCC)(C/C=C/CCCCCCCCCCCCCCC)Cc1ccccc1. The second-order valence-corrected chi connectivity index (χ2v) is 20.0. The fourth-order valence-corrected chi connectivity index (χ4v) is 9.48. The molecule has 0 aromatic heterocycles. The van der Waals surface area contributed by atoms with Gasteiger partial charge in [-0.15, -0.1) is 0 Å². The summed E-state index contributed by atoms with van der Waals surface area (Å²) >= 11 is 0. The molecule has 0 saturated carbocycles. The molecule has 0 fully saturated rings. The molecule has 360 valence electrons. The van der Waals surface area contributed by atoms with Crippen molar-refractivity contribution in [1.29, 1.82) is 0 Å². The van der Waals surface area contributed by atoms with E-state index in [9.17, 15) is 0 Å². The molecule has 0 radical (unpaired) electrons. The number of quaternary nitrogens is 1. The van der Waals surface area contributed by atoms with E-state index in [1.165, 1.54) is 275 Å². The van der Waals surface area contributed by atoms with Crippen molar-refractivity contribution in [2.45, 2.75) is 297 Å². The zero-order valence-electron chi connectivity index (χ0n) is 42.8. The normalized spacial score (nSPS) is 12.3. The Balaban J connectivity index is 2.57. The first kappa shape index (κ1) is 58.4. The van der Waals surface area contributed by atoms with Crippen molar-refractivity contribution in [1.82, 2.24) is 0 Å². The molecule has 1 nitrogen and oxygen atoms in total. The van der Waals surface area contributed by atoms with Crippen molar-refractivity contribution in [3.63, 3.8) is 0 Å². The molecule has 0 unspecified atom stereocenters. The summed E-state index contributed by atoms with van der Waals surface area (Å²) in [6.07, 6.45) is 74.8. The van der Waals surface area contributed by atoms with Gasteiger partial charge in [0.2, 0.25) is 0 Å². The fraction of sp³-hybridized carbons (Fsp3) is 0.803. The van der Waals surface area contributed by atoms with Crippen LogP contribution in [0, 0.1) is 0 Å². The van der Waals surface area contributed by atoms with Crippen LogP contribution in [0.2, 0.25) is 0 Å². The minimum atomic E-state index is 1.10. The second-order valence-electron chi connectivity index (χ2n) is 20.0. The summed E-state index contributed by atoms with van der Waals surface area (Å²) in [5, 5.41) is 0. The molecule has 1 aromatic rings. The van der Waals surface area contributed by atoms with Gasteiger partial charge in [0.25, 0.3) is 0 Å². The number of hydrogen-bond acceptors (Lipinski definition) is 0. The van der Waals surface area contributed by atoms with E-state index in [1.54, 1.807) is 0 Å². The highest BCUT2D eigenvalue weighted by atomic mass is 15.3. The van der Waals surface area contributed by atoms with Gasteiger partial charge in [0.1, 0.15) is 6.54 Å². The molecule has 1 rings (SSSR count). The van der Waals surface area contributed by atoms with Gasteiger partial charge in [0.05, 0.1) is 19.6 Å². The Labute approximate surface area is 391 Å². The van der Waals surface area contributed by atoms with Gasteiger partial charge in [0.15, 0.2) is 0 Å². The van der Waals surface area contributed by atoms with E-state index in [0.29, 0.717) is 0 Å². The van der Waals surface area contributed by atoms with Crippen LogP contribution in [0.25, 0.3) is 0 Å². The van der Waals surface area contributed by atoms with Gasteiger partial charge in [-0.1, -0.05) is 300 Å². The third-order valence-electron chi connectivity index (χ3n) is 13.8. The summed E-state index contributed by atoms with van der Waals surface area (Å²) in [6, 6.07) is 11.4. The van der Waals surface area contributed by atoms with Crippen LogP contribution in [0.1, 0.15) is 296 Å². The number of hydrogen-bond donors (Lipinski definition) is 0. The molecule has 0 aliphatic rings. The first-order chi connectivity index (χ1) is 30.8. The zero-order chi connectivity index (χ0) is 44.4. The van der Waals surface area contributed by atoms with E-state index in [4.69, 9.17) is 0 Å². The number of benzene rings is 1. The molecule has 0 bridgehead atoms. The Morgan fingerprint density at radius 3 is 0.742 bits per heavy atom. The lowest BCUT2D eigenvalue weighted by atomic mass is 10.0. The van der Waals surface area contributed by atoms with E-state index in [0.717, 1.165) is 30.7 Å². The smallest absolute Gasteiger partial charge is 0.105 e. The van der Waals surface area contributed by atoms with Crippen molar-refractivity contribution in [2.24, 2.45) is 0 Å². The first-order valence-corrected chi connectivity index (χ1v) is 28.6. The van der Waals surface area contributed by atoms with Crippen LogP contribution in [0.5, 0.6) is 0 Å². The molecule has 1 aromatic carbocycles. The van der Waals surface area contributed by atoms with E-state index in [2.05, 4.69) is 87.6 Å². The van der Waals surface area contributed by atoms with Crippen LogP contribution in [-0.2, 0) is 6.54 Å². The van der Waals surface area contributed by atoms with Crippen LogP contribution < -0.4 is 0 Å². The van der Waals surface area contributed by atoms with Crippen LogP contribution >= 0.6 is 0 Å². The highest BCUT2D eigenvalue weighted by molar-refractivity contribution is 5.13. The molecular formula is C61H112N+. The zero-order valence-corrected chi connectivity index (χ0v) is 42.8. The molecule has 0 N–H and O–H groups in total. The van der Waals surface area contributed by atoms with Gasteiger partial charge >= 0.3 is 0 Å². The second kappa shape index (κ2) is 48.8. The quantitative estimate of drug-likeness (QED) is 0.0348. The highest BCUT2D eigenvalue weighted by Gasteiger charge is 2.24. The molecule has 1 heteroatoms. The van der Waals surface area contributed by atoms with Crippen molar-refractivity contribution in [3.05, 3.63) is 72.4 Å². The summed E-state index contributed by atoms with van der Waals surface area (Å²) in [5.74, 6) is 0. The molecule has 62 heavy (non-hydrogen) atoms. The largest absolute Gasteiger partial charge is 0.310 e. The van der Waals surface area contributed by atoms with Crippen molar-refractivity contribution >= 4 is 0 Å². The highest BCUT2D eigenvalue weighted by Crippen LogP contribution is 2.20. The minimum Gasteiger partial charge on any atom is -0.310 e. The third-order valence-corrected chi connectivity index (χ3v) is 13.8. The number of rotatable bonds is 50. The Kier molecular flexibility index (Phi) is 46.0. The lowest BCUT2D eigenvalue weighted by molar-refractivity contribution is -0.925. The molecule has 0 saturated heterocycles. The number of allylic oxidation sites excluding steroid dienone is 3. The predicted octanol–water partition coefficient (Wildman–Crippen LogP) is 21.1. The summed E-state index contributed by atoms with van der Waals surface area (Å²) in [5.41, 5.74) is 1.48. The summed E-state index contributed by atoms with van der Waals surface area (Å²) in [7, 11) is 0. The van der Waals surface area contributed by atoms with Gasteiger partial charge < -0.3 is 4.48 Å². The molecule has 0 aliphatic heterocycles. The van der Waals surface area contributed by atoms with E-state index < -0.39 is 0 Å². The monoisotopic (exact) mass is 859 g/mol. The average Bonchev–Trinajstić information content (AvgIpc) is 3.29. The number of unbranched alkanes of at least 4 members (excludes halogenated alkanes) is 39. The Morgan fingerprint density at radius 2 is 0.500 bits per heavy atom. The predicted molar refractivity (Wildman–Crippen MR) is 283 cm³/mol. The maximum absolute atomic E-state index is 2.56. The Morgan fingerprint density at radius 1 is 0.274 bits per heavy atom. The Hall–Kier alpha value is -1.60. The standard InChI is InChI=1S/C61H112N/c1-4-7-10-13-16-19-22-25-28-31-34-37-40-43-46-52-57-62(60-61-55-50-49-51-56-61,58-53-47-44-41-38-35-32-29-26-23-20-17-14-11-8-5-2)59-54-48-45-42-39-36-33-30-27-24-21-18-15-12-9-6-3/h46-56H,4-45,57-60H2,1-3H3/q+1/b52-46-,53-47-,54-48+. The minimum absolute atomic E-state index is 1.10. The molecular weight excluding hydrogens is 747 g/mol. The summed E-state index contributed by atoms with van der Waals surface area (Å²) in [6.45, 7) is 11.4. The maximum atomic E-state index is 2.56.